The number of sulfone groups is 1. The van der Waals surface area contributed by atoms with Crippen LogP contribution in [0.15, 0.2) is 82.8 Å². The molecule has 0 spiro atoms. The molecular formula is C22H23N2NaO5S. The van der Waals surface area contributed by atoms with Crippen molar-refractivity contribution in [2.75, 3.05) is 13.1 Å². The molecule has 0 saturated heterocycles. The first-order valence-corrected chi connectivity index (χ1v) is 10.8. The fourth-order valence-electron chi connectivity index (χ4n) is 2.91. The molecule has 0 amide bonds. The van der Waals surface area contributed by atoms with Gasteiger partial charge in [0.15, 0.2) is 0 Å². The Morgan fingerprint density at radius 2 is 1.61 bits per heavy atom. The second kappa shape index (κ2) is 11.5. The first kappa shape index (κ1) is 25.2. The number of aliphatic hydroxyl groups excluding tert-OH is 1. The van der Waals surface area contributed by atoms with Crippen molar-refractivity contribution in [2.45, 2.75) is 22.3 Å². The Morgan fingerprint density at radius 3 is 2.16 bits per heavy atom. The molecule has 0 aliphatic carbocycles. The first-order chi connectivity index (χ1) is 14.4. The molecular weight excluding hydrogens is 427 g/mol. The Bertz CT molecular complexity index is 1090. The zero-order valence-corrected chi connectivity index (χ0v) is 16.9. The predicted molar refractivity (Wildman–Crippen MR) is 118 cm³/mol. The molecule has 3 N–H and O–H groups in total. The number of hydrogen-bond acceptors (Lipinski definition) is 6. The topological polar surface area (TPSA) is 117 Å². The van der Waals surface area contributed by atoms with Crippen molar-refractivity contribution < 1.29 is 23.4 Å². The van der Waals surface area contributed by atoms with Gasteiger partial charge < -0.3 is 15.5 Å². The molecule has 1 aromatic heterocycles. The van der Waals surface area contributed by atoms with Crippen molar-refractivity contribution in [3.63, 3.8) is 0 Å². The van der Waals surface area contributed by atoms with Crippen molar-refractivity contribution in [2.24, 2.45) is 0 Å². The second-order valence-electron chi connectivity index (χ2n) is 6.73. The Labute approximate surface area is 203 Å². The number of hydrogen-bond donors (Lipinski definition) is 3. The summed E-state index contributed by atoms with van der Waals surface area (Å²) in [7, 11) is -3.71. The maximum atomic E-state index is 12.7. The summed E-state index contributed by atoms with van der Waals surface area (Å²) in [5.41, 5.74) is 1.74. The molecule has 0 aliphatic rings. The van der Waals surface area contributed by atoms with E-state index in [-0.39, 0.29) is 44.9 Å². The molecule has 0 radical (unpaired) electrons. The average molecular weight is 450 g/mol. The number of carbonyl (C=O) groups is 1. The van der Waals surface area contributed by atoms with Gasteiger partial charge in [0.05, 0.1) is 21.5 Å². The van der Waals surface area contributed by atoms with E-state index >= 15 is 0 Å². The summed E-state index contributed by atoms with van der Waals surface area (Å²) in [6, 6.07) is 15.3. The molecule has 2 aromatic carbocycles. The van der Waals surface area contributed by atoms with Gasteiger partial charge in [-0.15, -0.1) is 0 Å². The number of nitrogens with zero attached hydrogens (tertiary/aromatic N) is 1. The quantitative estimate of drug-likeness (QED) is 0.336. The van der Waals surface area contributed by atoms with Crippen LogP contribution in [-0.4, -0.2) is 72.2 Å². The van der Waals surface area contributed by atoms with Gasteiger partial charge in [0.25, 0.3) is 0 Å². The number of rotatable bonds is 9. The molecule has 9 heteroatoms. The van der Waals surface area contributed by atoms with E-state index in [2.05, 4.69) is 10.3 Å². The van der Waals surface area contributed by atoms with Gasteiger partial charge in [-0.25, -0.2) is 13.2 Å². The van der Waals surface area contributed by atoms with Crippen LogP contribution in [0.1, 0.15) is 27.6 Å². The third-order valence-corrected chi connectivity index (χ3v) is 6.43. The van der Waals surface area contributed by atoms with Crippen molar-refractivity contribution in [1.29, 1.82) is 0 Å². The summed E-state index contributed by atoms with van der Waals surface area (Å²) in [5.74, 6) is -1.11. The summed E-state index contributed by atoms with van der Waals surface area (Å²) < 4.78 is 25.4. The van der Waals surface area contributed by atoms with Crippen LogP contribution in [-0.2, 0) is 16.3 Å². The number of benzene rings is 2. The van der Waals surface area contributed by atoms with Gasteiger partial charge in [-0.1, -0.05) is 18.2 Å². The molecule has 31 heavy (non-hydrogen) atoms. The molecule has 0 aliphatic heterocycles. The van der Waals surface area contributed by atoms with Crippen LogP contribution < -0.4 is 5.32 Å². The average Bonchev–Trinajstić information content (AvgIpc) is 2.77. The molecule has 0 unspecified atom stereocenters. The number of aromatic carboxylic acids is 1. The number of nitrogens with one attached hydrogen (secondary N) is 1. The Kier molecular flexibility index (Phi) is 9.36. The fraction of sp³-hybridized carbons (Fsp3) is 0.182. The van der Waals surface area contributed by atoms with Crippen molar-refractivity contribution in [3.8, 4) is 0 Å². The van der Waals surface area contributed by atoms with E-state index < -0.39 is 21.9 Å². The van der Waals surface area contributed by atoms with Crippen molar-refractivity contribution in [1.82, 2.24) is 10.3 Å². The Balaban J connectivity index is 0.00000341. The van der Waals surface area contributed by atoms with Gasteiger partial charge in [-0.2, -0.15) is 0 Å². The first-order valence-electron chi connectivity index (χ1n) is 9.34. The van der Waals surface area contributed by atoms with Gasteiger partial charge in [-0.05, 0) is 61.0 Å². The van der Waals surface area contributed by atoms with E-state index in [1.165, 1.54) is 24.3 Å². The summed E-state index contributed by atoms with van der Waals surface area (Å²) in [6.07, 6.45) is 3.31. The molecule has 1 atom stereocenters. The van der Waals surface area contributed by atoms with Crippen LogP contribution >= 0.6 is 0 Å². The van der Waals surface area contributed by atoms with Crippen LogP contribution in [0.25, 0.3) is 0 Å². The number of carboxylic acids is 1. The zero-order chi connectivity index (χ0) is 21.6. The van der Waals surface area contributed by atoms with Gasteiger partial charge in [-0.3, -0.25) is 4.98 Å². The van der Waals surface area contributed by atoms with Gasteiger partial charge in [0.2, 0.25) is 9.84 Å². The number of aliphatic hydroxyl groups is 1. The monoisotopic (exact) mass is 450 g/mol. The molecule has 3 rings (SSSR count). The van der Waals surface area contributed by atoms with Crippen LogP contribution in [0.3, 0.4) is 0 Å². The molecule has 0 saturated carbocycles. The minimum absolute atomic E-state index is 0. The van der Waals surface area contributed by atoms with Gasteiger partial charge >= 0.3 is 35.5 Å². The van der Waals surface area contributed by atoms with E-state index in [1.807, 2.05) is 6.07 Å². The maximum absolute atomic E-state index is 12.7. The molecule has 158 valence electrons. The van der Waals surface area contributed by atoms with E-state index in [1.54, 1.807) is 42.7 Å². The number of pyridine rings is 1. The molecule has 0 fully saturated rings. The Hall–Kier alpha value is -2.07. The van der Waals surface area contributed by atoms with E-state index in [4.69, 9.17) is 5.11 Å². The summed E-state index contributed by atoms with van der Waals surface area (Å²) in [4.78, 5) is 15.1. The van der Waals surface area contributed by atoms with E-state index in [9.17, 15) is 18.3 Å². The van der Waals surface area contributed by atoms with Crippen LogP contribution in [0.4, 0.5) is 0 Å². The second-order valence-corrected chi connectivity index (χ2v) is 8.68. The van der Waals surface area contributed by atoms with E-state index in [0.29, 0.717) is 19.5 Å². The zero-order valence-electron chi connectivity index (χ0n) is 16.1. The van der Waals surface area contributed by atoms with Crippen LogP contribution in [0, 0.1) is 0 Å². The van der Waals surface area contributed by atoms with Gasteiger partial charge in [0.1, 0.15) is 0 Å². The SMILES string of the molecule is O=C(O)c1ccc(S(=O)(=O)c2ccc(CCNC[C@@H](O)c3cccnc3)cc2)cc1.[NaH]. The minimum atomic E-state index is -3.71. The third-order valence-electron chi connectivity index (χ3n) is 4.64. The predicted octanol–water partition coefficient (Wildman–Crippen LogP) is 1.83. The fourth-order valence-corrected chi connectivity index (χ4v) is 4.17. The summed E-state index contributed by atoms with van der Waals surface area (Å²) in [5, 5.41) is 22.2. The Morgan fingerprint density at radius 1 is 1.00 bits per heavy atom. The number of aromatic nitrogens is 1. The molecule has 3 aromatic rings. The number of carboxylic acid groups (broad SMARTS) is 1. The molecule has 1 heterocycles. The van der Waals surface area contributed by atoms with Gasteiger partial charge in [0, 0.05) is 24.5 Å². The summed E-state index contributed by atoms with van der Waals surface area (Å²) in [6.45, 7) is 1.02. The van der Waals surface area contributed by atoms with Crippen molar-refractivity contribution >= 4 is 45.4 Å². The van der Waals surface area contributed by atoms with E-state index in [0.717, 1.165) is 11.1 Å². The standard InChI is InChI=1S/C22H22N2O5S.Na.H/c25-21(18-2-1-12-23-14-18)15-24-13-11-16-3-7-19(8-4-16)30(28,29)20-9-5-17(6-10-20)22(26)27;;/h1-10,12,14,21,24-25H,11,13,15H2,(H,26,27);;/t21-;;/m1../s1. The normalized spacial score (nSPS) is 12.0. The van der Waals surface area contributed by atoms with Crippen LogP contribution in [0.5, 0.6) is 0 Å². The molecule has 0 bridgehead atoms. The summed E-state index contributed by atoms with van der Waals surface area (Å²) >= 11 is 0. The molecule has 7 nitrogen and oxygen atoms in total. The van der Waals surface area contributed by atoms with Crippen molar-refractivity contribution in [3.05, 3.63) is 89.7 Å². The third kappa shape index (κ3) is 6.70. The van der Waals surface area contributed by atoms with Crippen LogP contribution in [0.2, 0.25) is 0 Å².